The van der Waals surface area contributed by atoms with Gasteiger partial charge >= 0.3 is 0 Å². The van der Waals surface area contributed by atoms with E-state index in [1.165, 1.54) is 12.3 Å². The molecular formula is C21H29FIN3O3S. The molecule has 0 amide bonds. The Morgan fingerprint density at radius 3 is 2.37 bits per heavy atom. The molecule has 0 unspecified atom stereocenters. The molecule has 30 heavy (non-hydrogen) atoms. The Morgan fingerprint density at radius 2 is 1.80 bits per heavy atom. The molecule has 2 N–H and O–H groups in total. The largest absolute Gasteiger partial charge is 0.491 e. The first-order valence-corrected chi connectivity index (χ1v) is 11.4. The summed E-state index contributed by atoms with van der Waals surface area (Å²) >= 11 is 0. The van der Waals surface area contributed by atoms with Crippen LogP contribution in [0.25, 0.3) is 0 Å². The van der Waals surface area contributed by atoms with E-state index in [0.29, 0.717) is 42.7 Å². The SMILES string of the molecule is CCNC(=NCc1ccc(S(C)(=O)=O)c(C)c1)NCc1ccc(OCC)c(F)c1.I. The third-order valence-corrected chi connectivity index (χ3v) is 5.42. The highest BCUT2D eigenvalue weighted by Gasteiger charge is 2.11. The molecule has 0 aliphatic carbocycles. The van der Waals surface area contributed by atoms with Crippen molar-refractivity contribution in [2.45, 2.75) is 38.8 Å². The maximum absolute atomic E-state index is 14.0. The minimum atomic E-state index is -3.24. The van der Waals surface area contributed by atoms with Gasteiger partial charge in [-0.3, -0.25) is 0 Å². The summed E-state index contributed by atoms with van der Waals surface area (Å²) in [6.07, 6.45) is 1.20. The van der Waals surface area contributed by atoms with E-state index in [4.69, 9.17) is 4.74 Å². The van der Waals surface area contributed by atoms with Crippen molar-refractivity contribution >= 4 is 39.8 Å². The summed E-state index contributed by atoms with van der Waals surface area (Å²) in [4.78, 5) is 4.85. The minimum Gasteiger partial charge on any atom is -0.491 e. The van der Waals surface area contributed by atoms with Crippen LogP contribution in [0.1, 0.15) is 30.5 Å². The van der Waals surface area contributed by atoms with Crippen LogP contribution in [0.2, 0.25) is 0 Å². The highest BCUT2D eigenvalue weighted by molar-refractivity contribution is 14.0. The van der Waals surface area contributed by atoms with Gasteiger partial charge in [-0.25, -0.2) is 17.8 Å². The summed E-state index contributed by atoms with van der Waals surface area (Å²) in [5.41, 5.74) is 2.37. The van der Waals surface area contributed by atoms with Gasteiger partial charge in [-0.1, -0.05) is 18.2 Å². The zero-order valence-corrected chi connectivity index (χ0v) is 20.8. The quantitative estimate of drug-likeness (QED) is 0.298. The first kappa shape index (κ1) is 26.2. The number of halogens is 2. The lowest BCUT2D eigenvalue weighted by molar-refractivity contribution is 0.321. The zero-order valence-electron chi connectivity index (χ0n) is 17.7. The fourth-order valence-corrected chi connectivity index (χ4v) is 3.81. The molecule has 0 aliphatic rings. The fraction of sp³-hybridized carbons (Fsp3) is 0.381. The molecule has 0 radical (unpaired) electrons. The number of ether oxygens (including phenoxy) is 1. The average molecular weight is 549 g/mol. The first-order valence-electron chi connectivity index (χ1n) is 9.47. The van der Waals surface area contributed by atoms with E-state index < -0.39 is 15.7 Å². The summed E-state index contributed by atoms with van der Waals surface area (Å²) in [5.74, 6) is 0.436. The molecule has 2 rings (SSSR count). The number of guanidine groups is 1. The predicted molar refractivity (Wildman–Crippen MR) is 129 cm³/mol. The lowest BCUT2D eigenvalue weighted by atomic mass is 10.1. The second kappa shape index (κ2) is 12.1. The van der Waals surface area contributed by atoms with Crippen LogP contribution >= 0.6 is 24.0 Å². The number of aliphatic imine (C=N–C) groups is 1. The number of benzene rings is 2. The number of nitrogens with one attached hydrogen (secondary N) is 2. The summed E-state index contributed by atoms with van der Waals surface area (Å²) in [7, 11) is -3.24. The number of rotatable bonds is 8. The average Bonchev–Trinajstić information content (AvgIpc) is 2.65. The second-order valence-electron chi connectivity index (χ2n) is 6.62. The lowest BCUT2D eigenvalue weighted by Gasteiger charge is -2.13. The van der Waals surface area contributed by atoms with E-state index in [0.717, 1.165) is 11.1 Å². The Bertz CT molecular complexity index is 981. The molecule has 9 heteroatoms. The molecule has 0 atom stereocenters. The molecule has 2 aromatic rings. The molecule has 0 heterocycles. The molecule has 0 saturated heterocycles. The zero-order chi connectivity index (χ0) is 21.4. The summed E-state index contributed by atoms with van der Waals surface area (Å²) in [6.45, 7) is 7.42. The molecule has 166 valence electrons. The van der Waals surface area contributed by atoms with Gasteiger partial charge in [-0.15, -0.1) is 24.0 Å². The molecule has 0 aliphatic heterocycles. The number of sulfone groups is 1. The van der Waals surface area contributed by atoms with Gasteiger partial charge in [0.05, 0.1) is 18.0 Å². The van der Waals surface area contributed by atoms with Gasteiger partial charge in [0.1, 0.15) is 0 Å². The van der Waals surface area contributed by atoms with Crippen LogP contribution in [0.3, 0.4) is 0 Å². The fourth-order valence-electron chi connectivity index (χ4n) is 2.85. The van der Waals surface area contributed by atoms with Crippen molar-refractivity contribution in [2.24, 2.45) is 4.99 Å². The number of hydrogen-bond donors (Lipinski definition) is 2. The molecule has 0 spiro atoms. The van der Waals surface area contributed by atoms with Crippen molar-refractivity contribution in [3.05, 3.63) is 58.9 Å². The van der Waals surface area contributed by atoms with Crippen molar-refractivity contribution in [1.82, 2.24) is 10.6 Å². The Hall–Kier alpha value is -1.88. The first-order chi connectivity index (χ1) is 13.7. The van der Waals surface area contributed by atoms with Crippen LogP contribution in [0.15, 0.2) is 46.3 Å². The smallest absolute Gasteiger partial charge is 0.191 e. The van der Waals surface area contributed by atoms with Crippen LogP contribution in [0.4, 0.5) is 4.39 Å². The lowest BCUT2D eigenvalue weighted by Crippen LogP contribution is -2.36. The molecule has 0 saturated carbocycles. The maximum Gasteiger partial charge on any atom is 0.191 e. The molecular weight excluding hydrogens is 520 g/mol. The standard InChI is InChI=1S/C21H28FN3O3S.HI/c1-5-23-21(25-14-17-7-9-19(28-6-2)18(22)12-17)24-13-16-8-10-20(15(3)11-16)29(4,26)27;/h7-12H,5-6,13-14H2,1-4H3,(H2,23,24,25);1H. The number of aryl methyl sites for hydroxylation is 1. The Labute approximate surface area is 195 Å². The van der Waals surface area contributed by atoms with Crippen molar-refractivity contribution in [3.63, 3.8) is 0 Å². The molecule has 2 aromatic carbocycles. The van der Waals surface area contributed by atoms with Gasteiger partial charge in [-0.05, 0) is 55.7 Å². The van der Waals surface area contributed by atoms with Crippen molar-refractivity contribution in [3.8, 4) is 5.75 Å². The van der Waals surface area contributed by atoms with E-state index in [9.17, 15) is 12.8 Å². The topological polar surface area (TPSA) is 79.8 Å². The van der Waals surface area contributed by atoms with E-state index >= 15 is 0 Å². The normalized spacial score (nSPS) is 11.6. The molecule has 6 nitrogen and oxygen atoms in total. The van der Waals surface area contributed by atoms with E-state index in [1.54, 1.807) is 31.2 Å². The summed E-state index contributed by atoms with van der Waals surface area (Å²) in [5, 5.41) is 6.32. The minimum absolute atomic E-state index is 0. The van der Waals surface area contributed by atoms with Crippen molar-refractivity contribution in [2.75, 3.05) is 19.4 Å². The number of nitrogens with zero attached hydrogens (tertiary/aromatic N) is 1. The van der Waals surface area contributed by atoms with Gasteiger partial charge in [-0.2, -0.15) is 0 Å². The van der Waals surface area contributed by atoms with Gasteiger partial charge in [0.25, 0.3) is 0 Å². The predicted octanol–water partition coefficient (Wildman–Crippen LogP) is 3.81. The molecule has 0 fully saturated rings. The third-order valence-electron chi connectivity index (χ3n) is 4.16. The maximum atomic E-state index is 14.0. The monoisotopic (exact) mass is 549 g/mol. The van der Waals surface area contributed by atoms with Crippen LogP contribution in [-0.2, 0) is 22.9 Å². The van der Waals surface area contributed by atoms with Gasteiger partial charge < -0.3 is 15.4 Å². The van der Waals surface area contributed by atoms with Crippen molar-refractivity contribution < 1.29 is 17.5 Å². The van der Waals surface area contributed by atoms with Gasteiger partial charge in [0.2, 0.25) is 0 Å². The summed E-state index contributed by atoms with van der Waals surface area (Å²) in [6, 6.07) is 10.1. The van der Waals surface area contributed by atoms with Crippen molar-refractivity contribution in [1.29, 1.82) is 0 Å². The third kappa shape index (κ3) is 7.75. The van der Waals surface area contributed by atoms with E-state index in [1.807, 2.05) is 19.9 Å². The van der Waals surface area contributed by atoms with Crippen LogP contribution in [0, 0.1) is 12.7 Å². The van der Waals surface area contributed by atoms with Crippen LogP contribution < -0.4 is 15.4 Å². The second-order valence-corrected chi connectivity index (χ2v) is 8.60. The Morgan fingerprint density at radius 1 is 1.10 bits per heavy atom. The van der Waals surface area contributed by atoms with E-state index in [2.05, 4.69) is 15.6 Å². The number of hydrogen-bond acceptors (Lipinski definition) is 4. The molecule has 0 bridgehead atoms. The Balaban J connectivity index is 0.00000450. The van der Waals surface area contributed by atoms with E-state index in [-0.39, 0.29) is 29.7 Å². The Kier molecular flexibility index (Phi) is 10.5. The van der Waals surface area contributed by atoms with Crippen LogP contribution in [-0.4, -0.2) is 33.8 Å². The van der Waals surface area contributed by atoms with Gasteiger partial charge in [0, 0.05) is 19.3 Å². The highest BCUT2D eigenvalue weighted by atomic mass is 127. The van der Waals surface area contributed by atoms with Crippen LogP contribution in [0.5, 0.6) is 5.75 Å². The highest BCUT2D eigenvalue weighted by Crippen LogP contribution is 2.19. The van der Waals surface area contributed by atoms with Gasteiger partial charge in [0.15, 0.2) is 27.4 Å². The molecule has 0 aromatic heterocycles. The summed E-state index contributed by atoms with van der Waals surface area (Å²) < 4.78 is 42.7.